The van der Waals surface area contributed by atoms with Crippen molar-refractivity contribution in [1.82, 2.24) is 20.0 Å². The molecule has 0 spiro atoms. The highest BCUT2D eigenvalue weighted by Gasteiger charge is 2.28. The SMILES string of the molecule is CCOC(=O)c1[nH]ncc1CN1CCN(Cc2ccccc2F)[C@@H](CCO)C1. The van der Waals surface area contributed by atoms with Gasteiger partial charge in [0, 0.05) is 56.5 Å². The van der Waals surface area contributed by atoms with E-state index in [1.807, 2.05) is 6.07 Å². The fourth-order valence-corrected chi connectivity index (χ4v) is 3.63. The van der Waals surface area contributed by atoms with Crippen LogP contribution in [0.1, 0.15) is 35.0 Å². The summed E-state index contributed by atoms with van der Waals surface area (Å²) in [6.07, 6.45) is 2.26. The molecule has 3 rings (SSSR count). The lowest BCUT2D eigenvalue weighted by Crippen LogP contribution is -2.52. The van der Waals surface area contributed by atoms with Crippen molar-refractivity contribution in [2.24, 2.45) is 0 Å². The molecule has 0 saturated carbocycles. The van der Waals surface area contributed by atoms with Crippen molar-refractivity contribution in [2.75, 3.05) is 32.8 Å². The maximum Gasteiger partial charge on any atom is 0.356 e. The van der Waals surface area contributed by atoms with E-state index in [0.29, 0.717) is 37.4 Å². The smallest absolute Gasteiger partial charge is 0.356 e. The van der Waals surface area contributed by atoms with Gasteiger partial charge in [-0.25, -0.2) is 9.18 Å². The molecule has 1 aliphatic rings. The third kappa shape index (κ3) is 4.95. The number of nitrogens with zero attached hydrogens (tertiary/aromatic N) is 3. The molecule has 1 saturated heterocycles. The minimum Gasteiger partial charge on any atom is -0.461 e. The number of nitrogens with one attached hydrogen (secondary N) is 1. The molecule has 0 aliphatic carbocycles. The number of ether oxygens (including phenoxy) is 1. The van der Waals surface area contributed by atoms with Crippen molar-refractivity contribution in [3.63, 3.8) is 0 Å². The van der Waals surface area contributed by atoms with Crippen molar-refractivity contribution in [3.8, 4) is 0 Å². The molecular formula is C20H27FN4O3. The Kier molecular flexibility index (Phi) is 7.13. The topological polar surface area (TPSA) is 81.7 Å². The van der Waals surface area contributed by atoms with E-state index < -0.39 is 5.97 Å². The first-order valence-corrected chi connectivity index (χ1v) is 9.62. The number of aliphatic hydroxyl groups is 1. The molecule has 8 heteroatoms. The third-order valence-corrected chi connectivity index (χ3v) is 5.07. The first-order valence-electron chi connectivity index (χ1n) is 9.62. The summed E-state index contributed by atoms with van der Waals surface area (Å²) in [7, 11) is 0. The van der Waals surface area contributed by atoms with Gasteiger partial charge in [0.1, 0.15) is 11.5 Å². The van der Waals surface area contributed by atoms with Crippen LogP contribution in [0.5, 0.6) is 0 Å². The Bertz CT molecular complexity index is 782. The molecule has 1 aromatic carbocycles. The molecular weight excluding hydrogens is 363 g/mol. The minimum absolute atomic E-state index is 0.0755. The molecule has 0 amide bonds. The average Bonchev–Trinajstić information content (AvgIpc) is 3.14. The summed E-state index contributed by atoms with van der Waals surface area (Å²) in [5.74, 6) is -0.606. The highest BCUT2D eigenvalue weighted by atomic mass is 19.1. The third-order valence-electron chi connectivity index (χ3n) is 5.07. The number of halogens is 1. The maximum absolute atomic E-state index is 14.0. The average molecular weight is 390 g/mol. The number of H-pyrrole nitrogens is 1. The number of hydrogen-bond acceptors (Lipinski definition) is 6. The van der Waals surface area contributed by atoms with E-state index in [1.165, 1.54) is 6.07 Å². The summed E-state index contributed by atoms with van der Waals surface area (Å²) in [6, 6.07) is 6.91. The Morgan fingerprint density at radius 1 is 1.32 bits per heavy atom. The maximum atomic E-state index is 14.0. The van der Waals surface area contributed by atoms with Crippen molar-refractivity contribution < 1.29 is 19.0 Å². The van der Waals surface area contributed by atoms with E-state index in [4.69, 9.17) is 4.74 Å². The number of hydrogen-bond donors (Lipinski definition) is 2. The van der Waals surface area contributed by atoms with Crippen LogP contribution in [0.25, 0.3) is 0 Å². The molecule has 28 heavy (non-hydrogen) atoms. The molecule has 1 aliphatic heterocycles. The van der Waals surface area contributed by atoms with E-state index in [9.17, 15) is 14.3 Å². The van der Waals surface area contributed by atoms with Gasteiger partial charge in [-0.15, -0.1) is 0 Å². The highest BCUT2D eigenvalue weighted by Crippen LogP contribution is 2.20. The van der Waals surface area contributed by atoms with E-state index in [1.54, 1.807) is 25.3 Å². The molecule has 152 valence electrons. The van der Waals surface area contributed by atoms with Gasteiger partial charge >= 0.3 is 5.97 Å². The summed E-state index contributed by atoms with van der Waals surface area (Å²) in [5, 5.41) is 16.2. The fraction of sp³-hybridized carbons (Fsp3) is 0.500. The lowest BCUT2D eigenvalue weighted by molar-refractivity contribution is 0.0470. The second-order valence-electron chi connectivity index (χ2n) is 6.95. The minimum atomic E-state index is -0.403. The van der Waals surface area contributed by atoms with Crippen LogP contribution in [0.2, 0.25) is 0 Å². The quantitative estimate of drug-likeness (QED) is 0.669. The molecule has 0 unspecified atom stereocenters. The number of carbonyl (C=O) groups excluding carboxylic acids is 1. The van der Waals surface area contributed by atoms with E-state index in [-0.39, 0.29) is 18.5 Å². The zero-order valence-corrected chi connectivity index (χ0v) is 16.1. The predicted octanol–water partition coefficient (Wildman–Crippen LogP) is 1.79. The number of aliphatic hydroxyl groups excluding tert-OH is 1. The summed E-state index contributed by atoms with van der Waals surface area (Å²) >= 11 is 0. The Morgan fingerprint density at radius 3 is 2.89 bits per heavy atom. The number of piperazine rings is 1. The fourth-order valence-electron chi connectivity index (χ4n) is 3.63. The summed E-state index contributed by atoms with van der Waals surface area (Å²) in [5.41, 5.74) is 1.84. The Labute approximate surface area is 164 Å². The van der Waals surface area contributed by atoms with Gasteiger partial charge in [-0.1, -0.05) is 18.2 Å². The summed E-state index contributed by atoms with van der Waals surface area (Å²) in [4.78, 5) is 16.5. The van der Waals surface area contributed by atoms with Gasteiger partial charge in [0.05, 0.1) is 12.8 Å². The molecule has 1 atom stereocenters. The Hall–Kier alpha value is -2.29. The molecule has 0 radical (unpaired) electrons. The van der Waals surface area contributed by atoms with Crippen molar-refractivity contribution >= 4 is 5.97 Å². The number of esters is 1. The number of rotatable bonds is 8. The second kappa shape index (κ2) is 9.77. The van der Waals surface area contributed by atoms with Crippen LogP contribution in [0.4, 0.5) is 4.39 Å². The van der Waals surface area contributed by atoms with Crippen LogP contribution in [0, 0.1) is 5.82 Å². The number of carbonyl (C=O) groups is 1. The van der Waals surface area contributed by atoms with Gasteiger partial charge in [-0.05, 0) is 19.4 Å². The number of benzene rings is 1. The van der Waals surface area contributed by atoms with Crippen LogP contribution in [0.15, 0.2) is 30.5 Å². The van der Waals surface area contributed by atoms with Gasteiger partial charge in [-0.2, -0.15) is 5.10 Å². The molecule has 7 nitrogen and oxygen atoms in total. The molecule has 2 heterocycles. The van der Waals surface area contributed by atoms with E-state index in [0.717, 1.165) is 25.2 Å². The zero-order valence-electron chi connectivity index (χ0n) is 16.1. The standard InChI is InChI=1S/C20H27FN4O3/c1-2-28-20(27)19-16(11-22-23-19)12-24-8-9-25(17(14-24)7-10-26)13-15-5-3-4-6-18(15)21/h3-6,11,17,26H,2,7-10,12-14H2,1H3,(H,22,23)/t17-/m0/s1. The van der Waals surface area contributed by atoms with Crippen molar-refractivity contribution in [2.45, 2.75) is 32.5 Å². The number of aromatic amines is 1. The van der Waals surface area contributed by atoms with Crippen LogP contribution < -0.4 is 0 Å². The van der Waals surface area contributed by atoms with Crippen LogP contribution in [0.3, 0.4) is 0 Å². The summed E-state index contributed by atoms with van der Waals surface area (Å²) in [6.45, 7) is 5.50. The molecule has 2 aromatic rings. The first-order chi connectivity index (χ1) is 13.6. The largest absolute Gasteiger partial charge is 0.461 e. The van der Waals surface area contributed by atoms with E-state index in [2.05, 4.69) is 20.0 Å². The predicted molar refractivity (Wildman–Crippen MR) is 102 cm³/mol. The lowest BCUT2D eigenvalue weighted by atomic mass is 10.1. The van der Waals surface area contributed by atoms with Crippen LogP contribution >= 0.6 is 0 Å². The van der Waals surface area contributed by atoms with Gasteiger partial charge in [0.25, 0.3) is 0 Å². The van der Waals surface area contributed by atoms with Crippen molar-refractivity contribution in [1.29, 1.82) is 0 Å². The second-order valence-corrected chi connectivity index (χ2v) is 6.95. The van der Waals surface area contributed by atoms with Crippen molar-refractivity contribution in [3.05, 3.63) is 53.1 Å². The lowest BCUT2D eigenvalue weighted by Gasteiger charge is -2.41. The van der Waals surface area contributed by atoms with Gasteiger partial charge in [-0.3, -0.25) is 14.9 Å². The van der Waals surface area contributed by atoms with Gasteiger partial charge < -0.3 is 9.84 Å². The van der Waals surface area contributed by atoms with E-state index >= 15 is 0 Å². The Morgan fingerprint density at radius 2 is 2.14 bits per heavy atom. The van der Waals surface area contributed by atoms with Gasteiger partial charge in [0.2, 0.25) is 0 Å². The van der Waals surface area contributed by atoms with Gasteiger partial charge in [0.15, 0.2) is 0 Å². The monoisotopic (exact) mass is 390 g/mol. The normalized spacial score (nSPS) is 18.3. The summed E-state index contributed by atoms with van der Waals surface area (Å²) < 4.78 is 19.1. The highest BCUT2D eigenvalue weighted by molar-refractivity contribution is 5.88. The number of aromatic nitrogens is 2. The first kappa shape index (κ1) is 20.4. The molecule has 2 N–H and O–H groups in total. The molecule has 1 aromatic heterocycles. The Balaban J connectivity index is 1.65. The molecule has 0 bridgehead atoms. The zero-order chi connectivity index (χ0) is 19.9. The van der Waals surface area contributed by atoms with Crippen LogP contribution in [-0.4, -0.2) is 70.0 Å². The molecule has 1 fully saturated rings. The van der Waals surface area contributed by atoms with Crippen LogP contribution in [-0.2, 0) is 17.8 Å².